The van der Waals surface area contributed by atoms with Crippen LogP contribution in [0.3, 0.4) is 0 Å². The van der Waals surface area contributed by atoms with E-state index in [0.717, 1.165) is 50.4 Å². The van der Waals surface area contributed by atoms with Gasteiger partial charge in [0.25, 0.3) is 0 Å². The van der Waals surface area contributed by atoms with Gasteiger partial charge in [0.15, 0.2) is 0 Å². The number of hydrogen-bond donors (Lipinski definition) is 0. The average molecular weight is 653 g/mol. The largest absolute Gasteiger partial charge is 0.309 e. The Morgan fingerprint density at radius 3 is 1.35 bits per heavy atom. The van der Waals surface area contributed by atoms with Gasteiger partial charge in [-0.25, -0.2) is 9.97 Å². The first-order valence-electron chi connectivity index (χ1n) is 17.3. The second-order valence-electron chi connectivity index (χ2n) is 13.2. The Bertz CT molecular complexity index is 2840. The van der Waals surface area contributed by atoms with E-state index in [1.165, 1.54) is 38.1 Å². The number of fused-ring (bicyclic) bond motifs is 6. The lowest BCUT2D eigenvalue weighted by Gasteiger charge is -2.12. The van der Waals surface area contributed by atoms with Gasteiger partial charge in [-0.05, 0) is 60.5 Å². The van der Waals surface area contributed by atoms with Gasteiger partial charge >= 0.3 is 0 Å². The molecule has 10 rings (SSSR count). The number of para-hydroxylation sites is 2. The highest BCUT2D eigenvalue weighted by Crippen LogP contribution is 2.38. The Balaban J connectivity index is 1.21. The molecule has 0 unspecified atom stereocenters. The third-order valence-electron chi connectivity index (χ3n) is 10.0. The van der Waals surface area contributed by atoms with Gasteiger partial charge in [0.2, 0.25) is 5.95 Å². The van der Waals surface area contributed by atoms with Gasteiger partial charge in [0.05, 0.1) is 33.5 Å². The van der Waals surface area contributed by atoms with E-state index in [4.69, 9.17) is 9.97 Å². The summed E-state index contributed by atoms with van der Waals surface area (Å²) in [6.45, 7) is 2.13. The normalized spacial score (nSPS) is 11.6. The highest BCUT2D eigenvalue weighted by atomic mass is 15.2. The molecule has 0 saturated heterocycles. The van der Waals surface area contributed by atoms with E-state index in [-0.39, 0.29) is 0 Å². The van der Waals surface area contributed by atoms with E-state index in [1.807, 2.05) is 12.1 Å². The zero-order valence-corrected chi connectivity index (χ0v) is 28.0. The summed E-state index contributed by atoms with van der Waals surface area (Å²) in [6, 6.07) is 62.5. The standard InChI is InChI=1S/C47H32N4/c1-31-20-24-36(25-21-31)50-43-18-10-8-16-37(43)39-26-22-34(28-45(39)50)35-23-27-40-38-17-9-11-19-44(38)51(46(40)29-35)47-48-41(32-12-4-2-5-13-32)30-42(49-47)33-14-6-3-7-15-33/h2-30H,1H3. The molecule has 3 heterocycles. The maximum Gasteiger partial charge on any atom is 0.235 e. The van der Waals surface area contributed by atoms with E-state index in [1.54, 1.807) is 0 Å². The van der Waals surface area contributed by atoms with Crippen molar-refractivity contribution in [3.8, 4) is 45.3 Å². The molecule has 0 bridgehead atoms. The molecule has 240 valence electrons. The van der Waals surface area contributed by atoms with Crippen LogP contribution in [0.5, 0.6) is 0 Å². The number of nitrogens with zero attached hydrogens (tertiary/aromatic N) is 4. The van der Waals surface area contributed by atoms with Crippen LogP contribution in [0.15, 0.2) is 176 Å². The maximum absolute atomic E-state index is 5.24. The summed E-state index contributed by atoms with van der Waals surface area (Å²) in [5.74, 6) is 0.647. The number of hydrogen-bond acceptors (Lipinski definition) is 2. The van der Waals surface area contributed by atoms with Crippen molar-refractivity contribution in [1.82, 2.24) is 19.1 Å². The summed E-state index contributed by atoms with van der Waals surface area (Å²) in [4.78, 5) is 10.5. The maximum atomic E-state index is 5.24. The van der Waals surface area contributed by atoms with Gasteiger partial charge < -0.3 is 4.57 Å². The highest BCUT2D eigenvalue weighted by Gasteiger charge is 2.19. The summed E-state index contributed by atoms with van der Waals surface area (Å²) in [5, 5.41) is 4.83. The molecule has 0 radical (unpaired) electrons. The van der Waals surface area contributed by atoms with Crippen molar-refractivity contribution >= 4 is 43.6 Å². The molecule has 4 nitrogen and oxygen atoms in total. The van der Waals surface area contributed by atoms with Crippen LogP contribution >= 0.6 is 0 Å². The third-order valence-corrected chi connectivity index (χ3v) is 10.0. The number of aromatic nitrogens is 4. The second-order valence-corrected chi connectivity index (χ2v) is 13.2. The van der Waals surface area contributed by atoms with Crippen LogP contribution in [0.1, 0.15) is 5.56 Å². The topological polar surface area (TPSA) is 35.6 Å². The molecule has 10 aromatic rings. The van der Waals surface area contributed by atoms with Crippen molar-refractivity contribution in [2.75, 3.05) is 0 Å². The van der Waals surface area contributed by atoms with Crippen molar-refractivity contribution in [2.24, 2.45) is 0 Å². The molecule has 0 saturated carbocycles. The lowest BCUT2D eigenvalue weighted by Crippen LogP contribution is -2.04. The summed E-state index contributed by atoms with van der Waals surface area (Å²) >= 11 is 0. The number of aryl methyl sites for hydroxylation is 1. The van der Waals surface area contributed by atoms with Crippen LogP contribution in [-0.2, 0) is 0 Å². The van der Waals surface area contributed by atoms with Crippen molar-refractivity contribution < 1.29 is 0 Å². The Kier molecular flexibility index (Phi) is 6.68. The molecule has 7 aromatic carbocycles. The van der Waals surface area contributed by atoms with Crippen LogP contribution in [0.4, 0.5) is 0 Å². The predicted octanol–water partition coefficient (Wildman–Crippen LogP) is 12.0. The summed E-state index contributed by atoms with van der Waals surface area (Å²) in [7, 11) is 0. The molecule has 51 heavy (non-hydrogen) atoms. The van der Waals surface area contributed by atoms with Crippen molar-refractivity contribution in [3.05, 3.63) is 181 Å². The fourth-order valence-electron chi connectivity index (χ4n) is 7.54. The van der Waals surface area contributed by atoms with Crippen LogP contribution in [0, 0.1) is 6.92 Å². The number of rotatable bonds is 5. The zero-order valence-electron chi connectivity index (χ0n) is 28.0. The predicted molar refractivity (Wildman–Crippen MR) is 212 cm³/mol. The Morgan fingerprint density at radius 2 is 0.804 bits per heavy atom. The fraction of sp³-hybridized carbons (Fsp3) is 0.0213. The average Bonchev–Trinajstić information content (AvgIpc) is 3.71. The zero-order chi connectivity index (χ0) is 33.9. The van der Waals surface area contributed by atoms with Gasteiger partial charge in [-0.3, -0.25) is 4.57 Å². The molecule has 0 atom stereocenters. The van der Waals surface area contributed by atoms with Crippen LogP contribution in [0.25, 0.3) is 88.9 Å². The van der Waals surface area contributed by atoms with E-state index in [9.17, 15) is 0 Å². The number of benzene rings is 7. The van der Waals surface area contributed by atoms with Crippen LogP contribution in [-0.4, -0.2) is 19.1 Å². The van der Waals surface area contributed by atoms with E-state index < -0.39 is 0 Å². The molecule has 0 aliphatic carbocycles. The Labute approximate surface area is 295 Å². The minimum atomic E-state index is 0.647. The molecule has 3 aromatic heterocycles. The summed E-state index contributed by atoms with van der Waals surface area (Å²) < 4.78 is 4.62. The SMILES string of the molecule is Cc1ccc(-n2c3ccccc3c3ccc(-c4ccc5c6ccccc6n(-c6nc(-c7ccccc7)cc(-c7ccccc7)n6)c5c4)cc32)cc1. The first-order valence-corrected chi connectivity index (χ1v) is 17.3. The molecule has 0 aliphatic rings. The minimum Gasteiger partial charge on any atom is -0.309 e. The smallest absolute Gasteiger partial charge is 0.235 e. The molecule has 0 fully saturated rings. The monoisotopic (exact) mass is 652 g/mol. The lowest BCUT2D eigenvalue weighted by molar-refractivity contribution is 0.996. The van der Waals surface area contributed by atoms with Gasteiger partial charge in [-0.2, -0.15) is 0 Å². The highest BCUT2D eigenvalue weighted by molar-refractivity contribution is 6.12. The van der Waals surface area contributed by atoms with E-state index >= 15 is 0 Å². The van der Waals surface area contributed by atoms with Crippen LogP contribution < -0.4 is 0 Å². The first-order chi connectivity index (χ1) is 25.2. The van der Waals surface area contributed by atoms with Crippen molar-refractivity contribution in [3.63, 3.8) is 0 Å². The fourth-order valence-corrected chi connectivity index (χ4v) is 7.54. The van der Waals surface area contributed by atoms with Gasteiger partial charge in [0.1, 0.15) is 0 Å². The molecule has 0 aliphatic heterocycles. The second kappa shape index (κ2) is 11.7. The lowest BCUT2D eigenvalue weighted by atomic mass is 10.0. The molecule has 0 N–H and O–H groups in total. The molecular weight excluding hydrogens is 621 g/mol. The van der Waals surface area contributed by atoms with Gasteiger partial charge in [-0.1, -0.05) is 139 Å². The molecule has 0 spiro atoms. The van der Waals surface area contributed by atoms with Crippen molar-refractivity contribution in [2.45, 2.75) is 6.92 Å². The first kappa shape index (κ1) is 29.2. The molecule has 4 heteroatoms. The van der Waals surface area contributed by atoms with Crippen molar-refractivity contribution in [1.29, 1.82) is 0 Å². The van der Waals surface area contributed by atoms with Gasteiger partial charge in [-0.15, -0.1) is 0 Å². The Morgan fingerprint density at radius 1 is 0.353 bits per heavy atom. The minimum absolute atomic E-state index is 0.647. The van der Waals surface area contributed by atoms with E-state index in [0.29, 0.717) is 5.95 Å². The summed E-state index contributed by atoms with van der Waals surface area (Å²) in [5.41, 5.74) is 13.1. The van der Waals surface area contributed by atoms with E-state index in [2.05, 4.69) is 180 Å². The Hall–Kier alpha value is -6.78. The van der Waals surface area contributed by atoms with Gasteiger partial charge in [0, 0.05) is 38.4 Å². The molecule has 0 amide bonds. The summed E-state index contributed by atoms with van der Waals surface area (Å²) in [6.07, 6.45) is 0. The quantitative estimate of drug-likeness (QED) is 0.185. The third kappa shape index (κ3) is 4.84. The molecular formula is C47H32N4. The van der Waals surface area contributed by atoms with Crippen LogP contribution in [0.2, 0.25) is 0 Å².